The molecule has 0 saturated carbocycles. The summed E-state index contributed by atoms with van der Waals surface area (Å²) in [5, 5.41) is 0. The van der Waals surface area contributed by atoms with E-state index >= 15 is 0 Å². The van der Waals surface area contributed by atoms with Crippen LogP contribution in [0.25, 0.3) is 0 Å². The zero-order chi connectivity index (χ0) is 4.12. The summed E-state index contributed by atoms with van der Waals surface area (Å²) >= 11 is 2.54. The Morgan fingerprint density at radius 1 is 2.00 bits per heavy atom. The molecule has 0 fully saturated rings. The molecular formula is C3H5ISn. The van der Waals surface area contributed by atoms with Crippen LogP contribution in [0.3, 0.4) is 0 Å². The van der Waals surface area contributed by atoms with Gasteiger partial charge in [-0.05, 0) is 0 Å². The van der Waals surface area contributed by atoms with E-state index < -0.39 is 0 Å². The first kappa shape index (κ1) is 6.27. The van der Waals surface area contributed by atoms with Crippen molar-refractivity contribution in [3.05, 3.63) is 12.7 Å². The molecule has 2 heteroatoms. The molecule has 0 aliphatic rings. The molecule has 0 amide bonds. The number of rotatable bonds is 2. The van der Waals surface area contributed by atoms with Crippen molar-refractivity contribution in [3.8, 4) is 0 Å². The van der Waals surface area contributed by atoms with Gasteiger partial charge in [-0.25, -0.2) is 0 Å². The van der Waals surface area contributed by atoms with E-state index in [1.54, 1.807) is 0 Å². The van der Waals surface area contributed by atoms with Gasteiger partial charge < -0.3 is 0 Å². The van der Waals surface area contributed by atoms with E-state index in [0.29, 0.717) is 0 Å². The van der Waals surface area contributed by atoms with Crippen molar-refractivity contribution >= 4 is 35.8 Å². The molecule has 0 N–H and O–H groups in total. The average Bonchev–Trinajstić information content (AvgIpc) is 1.41. The topological polar surface area (TPSA) is 0 Å². The Kier molecular flexibility index (Phi) is 6.61. The zero-order valence-electron chi connectivity index (χ0n) is 2.87. The Morgan fingerprint density at radius 3 is 2.60 bits per heavy atom. The predicted octanol–water partition coefficient (Wildman–Crippen LogP) is 1.64. The second-order valence-electron chi connectivity index (χ2n) is 0.626. The van der Waals surface area contributed by atoms with Crippen LogP contribution in [-0.4, -0.2) is 17.2 Å². The van der Waals surface area contributed by atoms with E-state index in [4.69, 9.17) is 0 Å². The van der Waals surface area contributed by atoms with Crippen molar-refractivity contribution in [2.24, 2.45) is 0 Å². The van der Waals surface area contributed by atoms with Crippen LogP contribution in [0.5, 0.6) is 0 Å². The molecule has 5 heavy (non-hydrogen) atoms. The Bertz CT molecular complexity index is 28.1. The second kappa shape index (κ2) is 5.27. The Hall–Kier alpha value is 1.27. The maximum atomic E-state index is 3.59. The monoisotopic (exact) mass is 288 g/mol. The van der Waals surface area contributed by atoms with Crippen LogP contribution >= 0.6 is 18.6 Å². The molecule has 0 aliphatic heterocycles. The Labute approximate surface area is 52.4 Å². The van der Waals surface area contributed by atoms with Gasteiger partial charge in [0.2, 0.25) is 0 Å². The first-order valence-electron chi connectivity index (χ1n) is 1.36. The summed E-state index contributed by atoms with van der Waals surface area (Å²) in [6.45, 7) is 3.59. The summed E-state index contributed by atoms with van der Waals surface area (Å²) in [5.41, 5.74) is 0. The third kappa shape index (κ3) is 5.27. The van der Waals surface area contributed by atoms with Gasteiger partial charge in [-0.2, -0.15) is 0 Å². The fourth-order valence-electron chi connectivity index (χ4n) is 0.0546. The minimum atomic E-state index is 0.0576. The standard InChI is InChI=1S/C3H5.HI.Sn/c1-3-2;;/h3H,1-2H2;1H;/q;;+1/p-1. The van der Waals surface area contributed by atoms with Gasteiger partial charge in [0.05, 0.1) is 0 Å². The summed E-state index contributed by atoms with van der Waals surface area (Å²) in [6, 6.07) is 0. The van der Waals surface area contributed by atoms with Crippen LogP contribution in [0, 0.1) is 0 Å². The Morgan fingerprint density at radius 2 is 2.60 bits per heavy atom. The fraction of sp³-hybridized carbons (Fsp3) is 0.333. The zero-order valence-corrected chi connectivity index (χ0v) is 7.88. The molecule has 0 aromatic carbocycles. The van der Waals surface area contributed by atoms with Crippen molar-refractivity contribution in [1.82, 2.24) is 0 Å². The first-order chi connectivity index (χ1) is 2.41. The average molecular weight is 287 g/mol. The molecule has 0 spiro atoms. The quantitative estimate of drug-likeness (QED) is 0.411. The molecular weight excluding hydrogens is 282 g/mol. The summed E-state index contributed by atoms with van der Waals surface area (Å²) in [5.74, 6) is 0. The van der Waals surface area contributed by atoms with Gasteiger partial charge in [-0.1, -0.05) is 0 Å². The van der Waals surface area contributed by atoms with Gasteiger partial charge in [0.15, 0.2) is 0 Å². The first-order valence-corrected chi connectivity index (χ1v) is 11.7. The van der Waals surface area contributed by atoms with Gasteiger partial charge >= 0.3 is 52.9 Å². The van der Waals surface area contributed by atoms with Crippen molar-refractivity contribution in [1.29, 1.82) is 0 Å². The van der Waals surface area contributed by atoms with E-state index in [1.165, 1.54) is 4.44 Å². The molecule has 0 bridgehead atoms. The van der Waals surface area contributed by atoms with E-state index in [0.717, 1.165) is 0 Å². The van der Waals surface area contributed by atoms with E-state index in [9.17, 15) is 0 Å². The van der Waals surface area contributed by atoms with Crippen LogP contribution in [-0.2, 0) is 0 Å². The van der Waals surface area contributed by atoms with E-state index in [1.807, 2.05) is 6.08 Å². The van der Waals surface area contributed by atoms with Gasteiger partial charge in [-0.3, -0.25) is 0 Å². The van der Waals surface area contributed by atoms with Crippen molar-refractivity contribution < 1.29 is 0 Å². The third-order valence-corrected chi connectivity index (χ3v) is 4.44. The summed E-state index contributed by atoms with van der Waals surface area (Å²) in [7, 11) is 0. The van der Waals surface area contributed by atoms with E-state index in [-0.39, 0.29) is 17.2 Å². The van der Waals surface area contributed by atoms with Gasteiger partial charge in [-0.15, -0.1) is 0 Å². The molecule has 28 valence electrons. The summed E-state index contributed by atoms with van der Waals surface area (Å²) < 4.78 is 1.31. The Balaban J connectivity index is 2.40. The molecule has 0 aliphatic carbocycles. The van der Waals surface area contributed by atoms with Crippen molar-refractivity contribution in [2.75, 3.05) is 0 Å². The number of halogens is 1. The number of hydrogen-bond acceptors (Lipinski definition) is 0. The normalized spacial score (nSPS) is 7.40. The maximum absolute atomic E-state index is 3.59. The molecule has 0 aromatic heterocycles. The fourth-order valence-corrected chi connectivity index (χ4v) is 2.45. The molecule has 0 saturated heterocycles. The van der Waals surface area contributed by atoms with Crippen LogP contribution < -0.4 is 0 Å². The van der Waals surface area contributed by atoms with Gasteiger partial charge in [0.1, 0.15) is 0 Å². The second-order valence-corrected chi connectivity index (χ2v) is 7.67. The number of hydrogen-bond donors (Lipinski definition) is 0. The molecule has 0 unspecified atom stereocenters. The predicted molar refractivity (Wildman–Crippen MR) is 34.8 cm³/mol. The molecule has 0 nitrogen and oxygen atoms in total. The molecule has 0 atom stereocenters. The molecule has 0 rings (SSSR count). The molecule has 0 heterocycles. The van der Waals surface area contributed by atoms with Crippen LogP contribution in [0.15, 0.2) is 12.7 Å². The van der Waals surface area contributed by atoms with Crippen LogP contribution in [0.4, 0.5) is 0 Å². The third-order valence-electron chi connectivity index (χ3n) is 0.221. The summed E-state index contributed by atoms with van der Waals surface area (Å²) in [4.78, 5) is 0. The minimum absolute atomic E-state index is 0.0576. The molecule has 2 radical (unpaired) electrons. The van der Waals surface area contributed by atoms with Crippen molar-refractivity contribution in [3.63, 3.8) is 0 Å². The van der Waals surface area contributed by atoms with Gasteiger partial charge in [0, 0.05) is 0 Å². The van der Waals surface area contributed by atoms with Crippen molar-refractivity contribution in [2.45, 2.75) is 4.44 Å². The van der Waals surface area contributed by atoms with Crippen LogP contribution in [0.2, 0.25) is 4.44 Å². The SMILES string of the molecule is C=C[CH2][Sn][I]. The van der Waals surface area contributed by atoms with E-state index in [2.05, 4.69) is 25.2 Å². The number of allylic oxidation sites excluding steroid dienone is 1. The van der Waals surface area contributed by atoms with Crippen LogP contribution in [0.1, 0.15) is 0 Å². The molecule has 0 aromatic rings. The summed E-state index contributed by atoms with van der Waals surface area (Å²) in [6.07, 6.45) is 2.00. The van der Waals surface area contributed by atoms with Gasteiger partial charge in [0.25, 0.3) is 0 Å².